The maximum atomic E-state index is 11.9. The van der Waals surface area contributed by atoms with E-state index in [9.17, 15) is 9.59 Å². The fraction of sp³-hybridized carbons (Fsp3) is 0.125. The molecule has 112 valence electrons. The van der Waals surface area contributed by atoms with Gasteiger partial charge >= 0.3 is 12.0 Å². The van der Waals surface area contributed by atoms with Gasteiger partial charge in [0.1, 0.15) is 12.6 Å². The van der Waals surface area contributed by atoms with Gasteiger partial charge in [-0.25, -0.2) is 9.80 Å². The van der Waals surface area contributed by atoms with E-state index in [0.717, 1.165) is 10.6 Å². The summed E-state index contributed by atoms with van der Waals surface area (Å²) in [6.45, 7) is 0.181. The largest absolute Gasteiger partial charge is 0.459 e. The third kappa shape index (κ3) is 3.01. The topological polar surface area (TPSA) is 71.8 Å². The highest BCUT2D eigenvalue weighted by molar-refractivity contribution is 5.92. The second-order valence-electron chi connectivity index (χ2n) is 4.70. The third-order valence-corrected chi connectivity index (χ3v) is 3.18. The van der Waals surface area contributed by atoms with Crippen molar-refractivity contribution >= 4 is 18.1 Å². The molecule has 6 heteroatoms. The zero-order chi connectivity index (χ0) is 15.4. The summed E-state index contributed by atoms with van der Waals surface area (Å²) < 4.78 is 9.97. The van der Waals surface area contributed by atoms with Crippen molar-refractivity contribution in [2.24, 2.45) is 0 Å². The van der Waals surface area contributed by atoms with Gasteiger partial charge in [-0.05, 0) is 17.7 Å². The van der Waals surface area contributed by atoms with Gasteiger partial charge in [-0.1, -0.05) is 42.5 Å². The molecule has 6 nitrogen and oxygen atoms in total. The zero-order valence-corrected chi connectivity index (χ0v) is 11.6. The van der Waals surface area contributed by atoms with E-state index in [-0.39, 0.29) is 18.4 Å². The molecule has 1 aromatic heterocycles. The first-order valence-corrected chi connectivity index (χ1v) is 6.78. The number of amides is 2. The molecule has 0 aliphatic carbocycles. The molecule has 2 heterocycles. The maximum absolute atomic E-state index is 11.9. The number of cyclic esters (lactones) is 1. The molecule has 22 heavy (non-hydrogen) atoms. The predicted molar refractivity (Wildman–Crippen MR) is 78.6 cm³/mol. The minimum absolute atomic E-state index is 0.130. The number of benzene rings is 1. The summed E-state index contributed by atoms with van der Waals surface area (Å²) in [4.78, 5) is 23.7. The van der Waals surface area contributed by atoms with Gasteiger partial charge in [0.2, 0.25) is 0 Å². The van der Waals surface area contributed by atoms with Crippen LogP contribution < -0.4 is 5.43 Å². The molecular weight excluding hydrogens is 284 g/mol. The van der Waals surface area contributed by atoms with Crippen LogP contribution in [0.1, 0.15) is 16.1 Å². The molecule has 3 rings (SSSR count). The number of rotatable bonds is 4. The van der Waals surface area contributed by atoms with E-state index in [0.29, 0.717) is 0 Å². The number of ether oxygens (including phenoxy) is 1. The number of carbonyl (C=O) groups is 2. The fourth-order valence-electron chi connectivity index (χ4n) is 2.06. The molecule has 1 atom stereocenters. The summed E-state index contributed by atoms with van der Waals surface area (Å²) in [7, 11) is 0. The quantitative estimate of drug-likeness (QED) is 0.941. The minimum Gasteiger partial charge on any atom is -0.459 e. The van der Waals surface area contributed by atoms with Crippen molar-refractivity contribution in [1.29, 1.82) is 0 Å². The van der Waals surface area contributed by atoms with Gasteiger partial charge in [0.05, 0.1) is 6.26 Å². The molecule has 1 saturated heterocycles. The van der Waals surface area contributed by atoms with Gasteiger partial charge in [0, 0.05) is 0 Å². The van der Waals surface area contributed by atoms with E-state index in [4.69, 9.17) is 9.15 Å². The summed E-state index contributed by atoms with van der Waals surface area (Å²) in [5.74, 6) is -0.368. The number of hydrogen-bond acceptors (Lipinski definition) is 4. The molecule has 0 bridgehead atoms. The van der Waals surface area contributed by atoms with Crippen molar-refractivity contribution in [2.75, 3.05) is 6.61 Å². The lowest BCUT2D eigenvalue weighted by Crippen LogP contribution is -2.47. The van der Waals surface area contributed by atoms with E-state index in [1.165, 1.54) is 12.3 Å². The van der Waals surface area contributed by atoms with Crippen LogP contribution in [0.3, 0.4) is 0 Å². The smallest absolute Gasteiger partial charge is 0.429 e. The fourth-order valence-corrected chi connectivity index (χ4v) is 2.06. The van der Waals surface area contributed by atoms with Crippen molar-refractivity contribution in [3.8, 4) is 0 Å². The average molecular weight is 298 g/mol. The number of carbonyl (C=O) groups excluding carboxylic acids is 2. The van der Waals surface area contributed by atoms with E-state index in [1.807, 2.05) is 42.5 Å². The van der Waals surface area contributed by atoms with Crippen molar-refractivity contribution in [3.05, 3.63) is 66.1 Å². The number of hydrogen-bond donors (Lipinski definition) is 1. The van der Waals surface area contributed by atoms with E-state index in [2.05, 4.69) is 5.43 Å². The normalized spacial score (nSPS) is 17.7. The van der Waals surface area contributed by atoms with E-state index in [1.54, 1.807) is 6.07 Å². The van der Waals surface area contributed by atoms with Gasteiger partial charge in [-0.2, -0.15) is 0 Å². The van der Waals surface area contributed by atoms with Crippen LogP contribution in [0.4, 0.5) is 4.79 Å². The Kier molecular flexibility index (Phi) is 3.91. The second kappa shape index (κ2) is 6.17. The van der Waals surface area contributed by atoms with Gasteiger partial charge in [0.15, 0.2) is 5.76 Å². The summed E-state index contributed by atoms with van der Waals surface area (Å²) in [6, 6.07) is 12.4. The van der Waals surface area contributed by atoms with Gasteiger partial charge in [-0.15, -0.1) is 0 Å². The molecule has 1 aromatic carbocycles. The molecule has 1 N–H and O–H groups in total. The molecule has 0 spiro atoms. The molecule has 1 aliphatic rings. The van der Waals surface area contributed by atoms with Gasteiger partial charge in [-0.3, -0.25) is 10.2 Å². The minimum atomic E-state index is -0.595. The standard InChI is InChI=1S/C16H14N2O4/c19-15(14-7-4-10-21-14)17-18-13(11-22-16(18)20)9-8-12-5-2-1-3-6-12/h1-10,13H,11H2,(H,17,19)/b9-8+. The third-order valence-electron chi connectivity index (χ3n) is 3.18. The van der Waals surface area contributed by atoms with Crippen molar-refractivity contribution < 1.29 is 18.7 Å². The Morgan fingerprint density at radius 2 is 2.05 bits per heavy atom. The van der Waals surface area contributed by atoms with Crippen LogP contribution in [0.2, 0.25) is 0 Å². The highest BCUT2D eigenvalue weighted by Gasteiger charge is 2.33. The van der Waals surface area contributed by atoms with Gasteiger partial charge in [0.25, 0.3) is 0 Å². The van der Waals surface area contributed by atoms with Crippen molar-refractivity contribution in [2.45, 2.75) is 6.04 Å². The first kappa shape index (κ1) is 13.9. The van der Waals surface area contributed by atoms with E-state index < -0.39 is 12.0 Å². The molecular formula is C16H14N2O4. The second-order valence-corrected chi connectivity index (χ2v) is 4.70. The Hall–Kier alpha value is -3.02. The number of nitrogens with one attached hydrogen (secondary N) is 1. The van der Waals surface area contributed by atoms with Crippen LogP contribution in [0, 0.1) is 0 Å². The lowest BCUT2D eigenvalue weighted by molar-refractivity contribution is 0.0786. The lowest BCUT2D eigenvalue weighted by atomic mass is 10.2. The Morgan fingerprint density at radius 1 is 1.23 bits per heavy atom. The Morgan fingerprint density at radius 3 is 2.77 bits per heavy atom. The van der Waals surface area contributed by atoms with Crippen LogP contribution in [-0.2, 0) is 4.74 Å². The first-order valence-electron chi connectivity index (χ1n) is 6.78. The SMILES string of the molecule is O=C(NN1C(=O)OCC1/C=C/c1ccccc1)c1ccco1. The predicted octanol–water partition coefficient (Wildman–Crippen LogP) is 2.46. The highest BCUT2D eigenvalue weighted by atomic mass is 16.6. The number of nitrogens with zero attached hydrogens (tertiary/aromatic N) is 1. The molecule has 0 saturated carbocycles. The monoisotopic (exact) mass is 298 g/mol. The molecule has 1 fully saturated rings. The van der Waals surface area contributed by atoms with Crippen LogP contribution in [0.25, 0.3) is 6.08 Å². The molecule has 2 amide bonds. The van der Waals surface area contributed by atoms with Gasteiger partial charge < -0.3 is 9.15 Å². The first-order chi connectivity index (χ1) is 10.7. The lowest BCUT2D eigenvalue weighted by Gasteiger charge is -2.18. The summed E-state index contributed by atoms with van der Waals surface area (Å²) >= 11 is 0. The van der Waals surface area contributed by atoms with Crippen LogP contribution in [0.5, 0.6) is 0 Å². The van der Waals surface area contributed by atoms with Crippen molar-refractivity contribution in [3.63, 3.8) is 0 Å². The Bertz CT molecular complexity index is 679. The summed E-state index contributed by atoms with van der Waals surface area (Å²) in [5, 5.41) is 1.16. The molecule has 0 radical (unpaired) electrons. The molecule has 2 aromatic rings. The molecule has 1 unspecified atom stereocenters. The number of furan rings is 1. The van der Waals surface area contributed by atoms with Crippen LogP contribution >= 0.6 is 0 Å². The Labute approximate surface area is 126 Å². The maximum Gasteiger partial charge on any atom is 0.429 e. The van der Waals surface area contributed by atoms with Crippen LogP contribution in [-0.4, -0.2) is 29.7 Å². The van der Waals surface area contributed by atoms with Crippen LogP contribution in [0.15, 0.2) is 59.2 Å². The Balaban J connectivity index is 1.70. The zero-order valence-electron chi connectivity index (χ0n) is 11.6. The summed E-state index contributed by atoms with van der Waals surface area (Å²) in [6.07, 6.45) is 4.48. The van der Waals surface area contributed by atoms with Crippen molar-refractivity contribution in [1.82, 2.24) is 10.4 Å². The number of hydrazine groups is 1. The highest BCUT2D eigenvalue weighted by Crippen LogP contribution is 2.14. The van der Waals surface area contributed by atoms with E-state index >= 15 is 0 Å². The summed E-state index contributed by atoms with van der Waals surface area (Å²) in [5.41, 5.74) is 3.49. The average Bonchev–Trinajstić information content (AvgIpc) is 3.18. The molecule has 1 aliphatic heterocycles.